The topological polar surface area (TPSA) is 116 Å². The van der Waals surface area contributed by atoms with Gasteiger partial charge < -0.3 is 11.1 Å². The Morgan fingerprint density at radius 1 is 1.38 bits per heavy atom. The van der Waals surface area contributed by atoms with Crippen molar-refractivity contribution in [3.63, 3.8) is 0 Å². The molecule has 26 heavy (non-hydrogen) atoms. The second-order valence-electron chi connectivity index (χ2n) is 6.17. The normalized spacial score (nSPS) is 17.8. The molecule has 1 aliphatic rings. The number of piperidine rings is 1. The van der Waals surface area contributed by atoms with Crippen LogP contribution in [0.3, 0.4) is 0 Å². The molecule has 1 saturated heterocycles. The number of rotatable bonds is 7. The number of sulfonamides is 1. The molecule has 0 spiro atoms. The highest BCUT2D eigenvalue weighted by molar-refractivity contribution is 7.88. The Balaban J connectivity index is 0.00000338. The van der Waals surface area contributed by atoms with Gasteiger partial charge >= 0.3 is 0 Å². The van der Waals surface area contributed by atoms with Crippen LogP contribution in [0.4, 0.5) is 0 Å². The van der Waals surface area contributed by atoms with Crippen molar-refractivity contribution >= 4 is 28.3 Å². The van der Waals surface area contributed by atoms with Crippen LogP contribution in [0.1, 0.15) is 36.8 Å². The SMILES string of the molecule is Cl.N#Cc1cccc(CS(=O)(=O)N2CCCCC2CNC(=O)CCN)c1. The van der Waals surface area contributed by atoms with Crippen molar-refractivity contribution in [2.75, 3.05) is 19.6 Å². The highest BCUT2D eigenvalue weighted by Crippen LogP contribution is 2.23. The highest BCUT2D eigenvalue weighted by Gasteiger charge is 2.32. The van der Waals surface area contributed by atoms with E-state index in [2.05, 4.69) is 5.32 Å². The molecule has 1 amide bonds. The van der Waals surface area contributed by atoms with Crippen LogP contribution >= 0.6 is 12.4 Å². The van der Waals surface area contributed by atoms with Crippen molar-refractivity contribution in [1.29, 1.82) is 5.26 Å². The molecule has 1 aliphatic heterocycles. The number of nitriles is 1. The first kappa shape index (κ1) is 22.4. The summed E-state index contributed by atoms with van der Waals surface area (Å²) in [5.74, 6) is -0.303. The maximum atomic E-state index is 12.8. The molecule has 1 fully saturated rings. The number of carbonyl (C=O) groups excluding carboxylic acids is 1. The third-order valence-electron chi connectivity index (χ3n) is 4.24. The molecule has 1 atom stereocenters. The molecule has 1 aromatic carbocycles. The van der Waals surface area contributed by atoms with E-state index in [-0.39, 0.29) is 43.1 Å². The zero-order valence-corrected chi connectivity index (χ0v) is 16.2. The van der Waals surface area contributed by atoms with E-state index in [9.17, 15) is 13.2 Å². The Morgan fingerprint density at radius 3 is 2.85 bits per heavy atom. The molecule has 0 aromatic heterocycles. The van der Waals surface area contributed by atoms with Crippen molar-refractivity contribution in [2.45, 2.75) is 37.5 Å². The molecular formula is C17H25ClN4O3S. The third-order valence-corrected chi connectivity index (χ3v) is 6.14. The average molecular weight is 401 g/mol. The predicted molar refractivity (Wildman–Crippen MR) is 102 cm³/mol. The standard InChI is InChI=1S/C17H24N4O3S.ClH/c18-8-7-17(22)20-12-16-6-1-2-9-21(16)25(23,24)13-15-5-3-4-14(10-15)11-19;/h3-5,10,16H,1-2,6-9,12-13,18H2,(H,20,22);1H. The molecule has 7 nitrogen and oxygen atoms in total. The number of benzene rings is 1. The fraction of sp³-hybridized carbons (Fsp3) is 0.529. The number of hydrogen-bond donors (Lipinski definition) is 2. The van der Waals surface area contributed by atoms with Crippen LogP contribution in [0.2, 0.25) is 0 Å². The molecule has 9 heteroatoms. The summed E-state index contributed by atoms with van der Waals surface area (Å²) >= 11 is 0. The molecule has 1 aromatic rings. The van der Waals surface area contributed by atoms with Crippen molar-refractivity contribution < 1.29 is 13.2 Å². The van der Waals surface area contributed by atoms with Crippen molar-refractivity contribution in [3.05, 3.63) is 35.4 Å². The van der Waals surface area contributed by atoms with Crippen LogP contribution in [-0.2, 0) is 20.6 Å². The lowest BCUT2D eigenvalue weighted by atomic mass is 10.1. The Hall–Kier alpha value is -1.66. The molecule has 2 rings (SSSR count). The summed E-state index contributed by atoms with van der Waals surface area (Å²) in [6.07, 6.45) is 2.71. The van der Waals surface area contributed by atoms with Gasteiger partial charge in [-0.05, 0) is 30.5 Å². The summed E-state index contributed by atoms with van der Waals surface area (Å²) in [7, 11) is -3.52. The van der Waals surface area contributed by atoms with E-state index in [1.54, 1.807) is 24.3 Å². The predicted octanol–water partition coefficient (Wildman–Crippen LogP) is 1.13. The molecule has 0 aliphatic carbocycles. The van der Waals surface area contributed by atoms with Gasteiger partial charge in [-0.15, -0.1) is 12.4 Å². The van der Waals surface area contributed by atoms with E-state index in [0.29, 0.717) is 24.2 Å². The fourth-order valence-electron chi connectivity index (χ4n) is 3.02. The van der Waals surface area contributed by atoms with Gasteiger partial charge in [0.2, 0.25) is 15.9 Å². The number of amides is 1. The summed E-state index contributed by atoms with van der Waals surface area (Å²) in [5.41, 5.74) is 6.39. The summed E-state index contributed by atoms with van der Waals surface area (Å²) < 4.78 is 27.2. The van der Waals surface area contributed by atoms with Crippen LogP contribution in [0.5, 0.6) is 0 Å². The summed E-state index contributed by atoms with van der Waals surface area (Å²) in [5, 5.41) is 11.7. The van der Waals surface area contributed by atoms with Crippen LogP contribution in [0.25, 0.3) is 0 Å². The fourth-order valence-corrected chi connectivity index (χ4v) is 4.83. The second kappa shape index (κ2) is 10.5. The van der Waals surface area contributed by atoms with Crippen LogP contribution in [-0.4, -0.2) is 44.3 Å². The van der Waals surface area contributed by atoms with Gasteiger partial charge in [-0.3, -0.25) is 4.79 Å². The van der Waals surface area contributed by atoms with E-state index in [1.807, 2.05) is 6.07 Å². The van der Waals surface area contributed by atoms with E-state index < -0.39 is 10.0 Å². The number of nitrogens with zero attached hydrogens (tertiary/aromatic N) is 2. The molecule has 0 radical (unpaired) electrons. The molecule has 0 saturated carbocycles. The van der Waals surface area contributed by atoms with E-state index in [4.69, 9.17) is 11.0 Å². The zero-order chi connectivity index (χ0) is 18.3. The molecule has 3 N–H and O–H groups in total. The molecular weight excluding hydrogens is 376 g/mol. The maximum Gasteiger partial charge on any atom is 0.221 e. The number of hydrogen-bond acceptors (Lipinski definition) is 5. The van der Waals surface area contributed by atoms with E-state index >= 15 is 0 Å². The Kier molecular flexibility index (Phi) is 9.02. The number of nitrogens with two attached hydrogens (primary N) is 1. The quantitative estimate of drug-likeness (QED) is 0.711. The molecule has 0 bridgehead atoms. The lowest BCUT2D eigenvalue weighted by Crippen LogP contribution is -2.49. The maximum absolute atomic E-state index is 12.8. The minimum atomic E-state index is -3.52. The monoisotopic (exact) mass is 400 g/mol. The second-order valence-corrected chi connectivity index (χ2v) is 8.09. The molecule has 144 valence electrons. The first-order chi connectivity index (χ1) is 12.0. The van der Waals surface area contributed by atoms with E-state index in [1.165, 1.54) is 4.31 Å². The van der Waals surface area contributed by atoms with Gasteiger partial charge in [0.05, 0.1) is 17.4 Å². The van der Waals surface area contributed by atoms with Crippen LogP contribution in [0.15, 0.2) is 24.3 Å². The third kappa shape index (κ3) is 6.25. The van der Waals surface area contributed by atoms with Crippen molar-refractivity contribution in [2.24, 2.45) is 5.73 Å². The molecule has 1 unspecified atom stereocenters. The minimum absolute atomic E-state index is 0. The first-order valence-electron chi connectivity index (χ1n) is 8.41. The first-order valence-corrected chi connectivity index (χ1v) is 10.0. The van der Waals surface area contributed by atoms with Gasteiger partial charge in [0.25, 0.3) is 0 Å². The zero-order valence-electron chi connectivity index (χ0n) is 14.6. The Morgan fingerprint density at radius 2 is 2.15 bits per heavy atom. The van der Waals surface area contributed by atoms with Crippen molar-refractivity contribution in [1.82, 2.24) is 9.62 Å². The largest absolute Gasteiger partial charge is 0.354 e. The lowest BCUT2D eigenvalue weighted by Gasteiger charge is -2.34. The number of carbonyl (C=O) groups is 1. The smallest absolute Gasteiger partial charge is 0.221 e. The van der Waals surface area contributed by atoms with Crippen molar-refractivity contribution in [3.8, 4) is 6.07 Å². The van der Waals surface area contributed by atoms with Gasteiger partial charge in [-0.25, -0.2) is 8.42 Å². The van der Waals surface area contributed by atoms with E-state index in [0.717, 1.165) is 19.3 Å². The number of halogens is 1. The van der Waals surface area contributed by atoms with Gasteiger partial charge in [0.15, 0.2) is 0 Å². The van der Waals surface area contributed by atoms with Gasteiger partial charge in [-0.1, -0.05) is 18.6 Å². The summed E-state index contributed by atoms with van der Waals surface area (Å²) in [6.45, 7) is 1.03. The summed E-state index contributed by atoms with van der Waals surface area (Å²) in [4.78, 5) is 11.6. The van der Waals surface area contributed by atoms with Gasteiger partial charge in [0, 0.05) is 32.1 Å². The van der Waals surface area contributed by atoms with Gasteiger partial charge in [0.1, 0.15) is 0 Å². The summed E-state index contributed by atoms with van der Waals surface area (Å²) in [6, 6.07) is 8.42. The van der Waals surface area contributed by atoms with Gasteiger partial charge in [-0.2, -0.15) is 9.57 Å². The molecule has 1 heterocycles. The van der Waals surface area contributed by atoms with Crippen LogP contribution in [0, 0.1) is 11.3 Å². The average Bonchev–Trinajstić information content (AvgIpc) is 2.60. The Labute approximate surface area is 161 Å². The Bertz CT molecular complexity index is 749. The lowest BCUT2D eigenvalue weighted by molar-refractivity contribution is -0.121. The minimum Gasteiger partial charge on any atom is -0.354 e. The van der Waals surface area contributed by atoms with Crippen LogP contribution < -0.4 is 11.1 Å². The number of nitrogens with one attached hydrogen (secondary N) is 1. The highest BCUT2D eigenvalue weighted by atomic mass is 35.5.